The first-order valence-electron chi connectivity index (χ1n) is 14.1. The van der Waals surface area contributed by atoms with Gasteiger partial charge in [-0.3, -0.25) is 9.79 Å². The molecule has 43 heavy (non-hydrogen) atoms. The lowest BCUT2D eigenvalue weighted by atomic mass is 10.0. The van der Waals surface area contributed by atoms with Crippen LogP contribution in [0.2, 0.25) is 0 Å². The van der Waals surface area contributed by atoms with Gasteiger partial charge in [-0.2, -0.15) is 5.10 Å². The summed E-state index contributed by atoms with van der Waals surface area (Å²) < 4.78 is 19.9. The van der Waals surface area contributed by atoms with E-state index < -0.39 is 0 Å². The van der Waals surface area contributed by atoms with Gasteiger partial charge in [-0.15, -0.1) is 11.3 Å². The summed E-state index contributed by atoms with van der Waals surface area (Å²) in [6.07, 6.45) is 5.54. The molecule has 1 fully saturated rings. The van der Waals surface area contributed by atoms with Crippen LogP contribution in [0.4, 0.5) is 0 Å². The van der Waals surface area contributed by atoms with Gasteiger partial charge in [0, 0.05) is 37.8 Å². The van der Waals surface area contributed by atoms with E-state index >= 15 is 0 Å². The molecule has 1 amide bonds. The summed E-state index contributed by atoms with van der Waals surface area (Å²) in [6.45, 7) is 3.56. The topological polar surface area (TPSA) is 103 Å². The number of methoxy groups -OCH3 is 1. The highest BCUT2D eigenvalue weighted by Gasteiger charge is 2.25. The Bertz CT molecular complexity index is 1900. The number of aryl methyl sites for hydroxylation is 1. The highest BCUT2D eigenvalue weighted by molar-refractivity contribution is 7.22. The van der Waals surface area contributed by atoms with Gasteiger partial charge in [0.1, 0.15) is 28.8 Å². The number of hydrogen-bond acceptors (Lipinski definition) is 9. The smallest absolute Gasteiger partial charge is 0.253 e. The minimum atomic E-state index is 0.00593. The van der Waals surface area contributed by atoms with E-state index in [1.54, 1.807) is 16.5 Å². The van der Waals surface area contributed by atoms with Crippen molar-refractivity contribution < 1.29 is 19.0 Å². The summed E-state index contributed by atoms with van der Waals surface area (Å²) in [4.78, 5) is 29.1. The predicted molar refractivity (Wildman–Crippen MR) is 165 cm³/mol. The third-order valence-electron chi connectivity index (χ3n) is 7.76. The molecule has 5 aromatic rings. The van der Waals surface area contributed by atoms with Crippen LogP contribution in [0.1, 0.15) is 34.5 Å². The van der Waals surface area contributed by atoms with Crippen LogP contribution in [0, 0.1) is 6.92 Å². The van der Waals surface area contributed by atoms with E-state index in [0.717, 1.165) is 55.7 Å². The number of carbonyl (C=O) groups excluding carboxylic acids is 1. The van der Waals surface area contributed by atoms with E-state index in [2.05, 4.69) is 11.2 Å². The Kier molecular flexibility index (Phi) is 7.12. The van der Waals surface area contributed by atoms with Gasteiger partial charge in [-0.25, -0.2) is 14.5 Å². The molecular formula is C32H30N6O4S. The average molecular weight is 595 g/mol. The summed E-state index contributed by atoms with van der Waals surface area (Å²) >= 11 is 1.52. The second-order valence-electron chi connectivity index (χ2n) is 10.7. The van der Waals surface area contributed by atoms with Crippen molar-refractivity contribution in [3.8, 4) is 22.2 Å². The number of hydrogen-bond donors (Lipinski definition) is 0. The maximum Gasteiger partial charge on any atom is 0.253 e. The molecule has 0 aliphatic carbocycles. The second kappa shape index (κ2) is 11.2. The Morgan fingerprint density at radius 3 is 2.81 bits per heavy atom. The summed E-state index contributed by atoms with van der Waals surface area (Å²) in [6, 6.07) is 15.5. The van der Waals surface area contributed by atoms with Crippen molar-refractivity contribution in [3.63, 3.8) is 0 Å². The average Bonchev–Trinajstić information content (AvgIpc) is 3.85. The molecule has 1 unspecified atom stereocenters. The number of rotatable bonds is 8. The molecule has 5 heterocycles. The maximum atomic E-state index is 12.9. The lowest BCUT2D eigenvalue weighted by Gasteiger charge is -2.23. The first-order valence-corrected chi connectivity index (χ1v) is 14.9. The number of benzene rings is 2. The van der Waals surface area contributed by atoms with Gasteiger partial charge in [-0.1, -0.05) is 18.2 Å². The number of amides is 1. The zero-order valence-corrected chi connectivity index (χ0v) is 24.9. The van der Waals surface area contributed by atoms with E-state index in [1.807, 2.05) is 68.7 Å². The van der Waals surface area contributed by atoms with Crippen molar-refractivity contribution in [1.29, 1.82) is 0 Å². The molecule has 0 saturated carbocycles. The summed E-state index contributed by atoms with van der Waals surface area (Å²) in [5.74, 6) is 1.35. The van der Waals surface area contributed by atoms with E-state index in [1.165, 1.54) is 11.3 Å². The Morgan fingerprint density at radius 2 is 2.02 bits per heavy atom. The molecule has 7 rings (SSSR count). The molecule has 2 aromatic carbocycles. The van der Waals surface area contributed by atoms with Crippen molar-refractivity contribution in [3.05, 3.63) is 83.3 Å². The van der Waals surface area contributed by atoms with Crippen LogP contribution in [-0.2, 0) is 4.74 Å². The molecule has 2 aliphatic heterocycles. The van der Waals surface area contributed by atoms with Crippen LogP contribution in [-0.4, -0.2) is 76.1 Å². The molecule has 3 aromatic heterocycles. The number of thiazole rings is 1. The highest BCUT2D eigenvalue weighted by atomic mass is 32.1. The highest BCUT2D eigenvalue weighted by Crippen LogP contribution is 2.39. The Balaban J connectivity index is 1.07. The molecular weight excluding hydrogens is 564 g/mol. The number of aromatic nitrogens is 4. The van der Waals surface area contributed by atoms with Crippen LogP contribution in [0.25, 0.3) is 26.6 Å². The fraction of sp³-hybridized carbons (Fsp3) is 0.281. The number of ether oxygens (including phenoxy) is 3. The summed E-state index contributed by atoms with van der Waals surface area (Å²) in [5, 5.41) is 5.28. The number of fused-ring (bicyclic) bond motifs is 2. The summed E-state index contributed by atoms with van der Waals surface area (Å²) in [7, 11) is 3.47. The van der Waals surface area contributed by atoms with Crippen LogP contribution in [0.5, 0.6) is 11.5 Å². The largest absolute Gasteiger partial charge is 0.497 e. The van der Waals surface area contributed by atoms with Crippen molar-refractivity contribution in [2.45, 2.75) is 25.8 Å². The minimum absolute atomic E-state index is 0.00593. The van der Waals surface area contributed by atoms with Gasteiger partial charge in [0.2, 0.25) is 0 Å². The van der Waals surface area contributed by atoms with Crippen molar-refractivity contribution in [2.75, 3.05) is 34.0 Å². The molecule has 0 N–H and O–H groups in total. The third-order valence-corrected chi connectivity index (χ3v) is 8.87. The van der Waals surface area contributed by atoms with Gasteiger partial charge in [0.05, 0.1) is 53.3 Å². The molecule has 1 saturated heterocycles. The molecule has 0 bridgehead atoms. The number of nitrogens with zero attached hydrogens (tertiary/aromatic N) is 6. The number of imidazole rings is 1. The van der Waals surface area contributed by atoms with Crippen LogP contribution >= 0.6 is 11.3 Å². The number of aliphatic imine (C=N–C) groups is 1. The molecule has 10 nitrogen and oxygen atoms in total. The van der Waals surface area contributed by atoms with Crippen molar-refractivity contribution in [2.24, 2.45) is 4.99 Å². The summed E-state index contributed by atoms with van der Waals surface area (Å²) in [5.41, 5.74) is 6.66. The molecule has 1 atom stereocenters. The zero-order chi connectivity index (χ0) is 29.5. The first kappa shape index (κ1) is 27.2. The Hall–Kier alpha value is -4.61. The Morgan fingerprint density at radius 1 is 1.16 bits per heavy atom. The van der Waals surface area contributed by atoms with Gasteiger partial charge in [-0.05, 0) is 43.2 Å². The Labute approximate surface area is 252 Å². The van der Waals surface area contributed by atoms with Crippen LogP contribution < -0.4 is 9.47 Å². The van der Waals surface area contributed by atoms with Crippen LogP contribution in [0.3, 0.4) is 0 Å². The van der Waals surface area contributed by atoms with Gasteiger partial charge >= 0.3 is 0 Å². The number of carbonyl (C=O) groups is 1. The monoisotopic (exact) mass is 594 g/mol. The van der Waals surface area contributed by atoms with E-state index in [4.69, 9.17) is 29.2 Å². The van der Waals surface area contributed by atoms with Crippen LogP contribution in [0.15, 0.2) is 71.5 Å². The normalized spacial score (nSPS) is 16.5. The van der Waals surface area contributed by atoms with Crippen molar-refractivity contribution in [1.82, 2.24) is 24.5 Å². The predicted octanol–water partition coefficient (Wildman–Crippen LogP) is 5.34. The van der Waals surface area contributed by atoms with Gasteiger partial charge in [0.25, 0.3) is 5.91 Å². The molecule has 0 radical (unpaired) electrons. The lowest BCUT2D eigenvalue weighted by Crippen LogP contribution is -2.37. The molecule has 218 valence electrons. The quantitative estimate of drug-likeness (QED) is 0.239. The third kappa shape index (κ3) is 5.37. The number of likely N-dealkylation sites (N-methyl/N-ethyl adjacent to an activating group) is 1. The molecule has 11 heteroatoms. The molecule has 0 spiro atoms. The zero-order valence-electron chi connectivity index (χ0n) is 24.1. The fourth-order valence-corrected chi connectivity index (χ4v) is 6.27. The minimum Gasteiger partial charge on any atom is -0.497 e. The standard InChI is InChI=1S/C32H30N6O4S/c1-19-4-11-29-34-27(16-38(29)36-19)31-35-26-14-24(40-3)15-28(30(26)43-31)42-17-22-9-10-25(33-22)20-5-7-21(8-6-20)32(39)37(2)23-12-13-41-18-23/h4-9,11,14-16,23H,10,12-13,17-18H2,1-3H3. The lowest BCUT2D eigenvalue weighted by molar-refractivity contribution is 0.0711. The first-order chi connectivity index (χ1) is 20.9. The second-order valence-corrected chi connectivity index (χ2v) is 11.7. The van der Waals surface area contributed by atoms with E-state index in [-0.39, 0.29) is 11.9 Å². The number of allylic oxidation sites excluding steroid dienone is 1. The van der Waals surface area contributed by atoms with Gasteiger partial charge in [0.15, 0.2) is 5.65 Å². The van der Waals surface area contributed by atoms with Crippen molar-refractivity contribution >= 4 is 38.8 Å². The van der Waals surface area contributed by atoms with E-state index in [0.29, 0.717) is 43.3 Å². The SMILES string of the molecule is COc1cc(OCC2=CCC(c3ccc(C(=O)N(C)C4CCOC4)cc3)=N2)c2sc(-c3cn4nc(C)ccc4n3)nc2c1. The fourth-order valence-electron chi connectivity index (χ4n) is 5.30. The van der Waals surface area contributed by atoms with Gasteiger partial charge < -0.3 is 19.1 Å². The van der Waals surface area contributed by atoms with E-state index in [9.17, 15) is 4.79 Å². The maximum absolute atomic E-state index is 12.9. The molecule has 2 aliphatic rings.